The number of aromatic hydroxyl groups is 1. The van der Waals surface area contributed by atoms with Crippen LogP contribution in [0.1, 0.15) is 0 Å². The van der Waals surface area contributed by atoms with Crippen LogP contribution in [0, 0.1) is 0 Å². The van der Waals surface area contributed by atoms with Crippen LogP contribution in [0.2, 0.25) is 0 Å². The maximum absolute atomic E-state index is 11.2. The summed E-state index contributed by atoms with van der Waals surface area (Å²) in [5.74, 6) is -0.0608. The molecule has 0 heterocycles. The largest absolute Gasteiger partial charge is 1.00 e. The number of phenolic OH excluding ortho intramolecular Hbond substituents is 1. The summed E-state index contributed by atoms with van der Waals surface area (Å²) in [4.78, 5) is -0.455. The fourth-order valence-corrected chi connectivity index (χ4v) is 2.79. The van der Waals surface area contributed by atoms with Gasteiger partial charge in [0.1, 0.15) is 21.5 Å². The summed E-state index contributed by atoms with van der Waals surface area (Å²) in [6, 6.07) is 16.0. The molecular formula is C16H11N2NaO4S. The molecule has 6 nitrogen and oxygen atoms in total. The van der Waals surface area contributed by atoms with Crippen molar-refractivity contribution in [3.8, 4) is 5.75 Å². The molecule has 0 bridgehead atoms. The average molecular weight is 350 g/mol. The van der Waals surface area contributed by atoms with E-state index < -0.39 is 15.0 Å². The summed E-state index contributed by atoms with van der Waals surface area (Å²) in [5.41, 5.74) is 0.108. The van der Waals surface area contributed by atoms with Gasteiger partial charge >= 0.3 is 29.6 Å². The molecule has 0 atom stereocenters. The normalized spacial score (nSPS) is 11.5. The number of phenols is 1. The minimum atomic E-state index is -4.65. The van der Waals surface area contributed by atoms with Crippen LogP contribution in [0.3, 0.4) is 0 Å². The van der Waals surface area contributed by atoms with Gasteiger partial charge in [0.2, 0.25) is 0 Å². The van der Waals surface area contributed by atoms with Gasteiger partial charge in [-0.1, -0.05) is 42.5 Å². The summed E-state index contributed by atoms with van der Waals surface area (Å²) in [7, 11) is -4.65. The SMILES string of the molecule is O=S(=O)([O-])c1ccccc1N=Nc1ccc2ccccc2c1O.[Na+]. The molecule has 0 saturated carbocycles. The van der Waals surface area contributed by atoms with Gasteiger partial charge in [0, 0.05) is 5.39 Å². The smallest absolute Gasteiger partial charge is 0.744 e. The molecule has 0 aromatic heterocycles. The molecule has 3 aromatic rings. The van der Waals surface area contributed by atoms with E-state index in [4.69, 9.17) is 0 Å². The van der Waals surface area contributed by atoms with Crippen LogP contribution >= 0.6 is 0 Å². The molecule has 0 aliphatic heterocycles. The van der Waals surface area contributed by atoms with Crippen molar-refractivity contribution < 1.29 is 47.6 Å². The van der Waals surface area contributed by atoms with E-state index in [1.807, 2.05) is 12.1 Å². The molecule has 3 aromatic carbocycles. The third-order valence-electron chi connectivity index (χ3n) is 3.28. The molecule has 0 aliphatic carbocycles. The maximum Gasteiger partial charge on any atom is 1.00 e. The van der Waals surface area contributed by atoms with Crippen molar-refractivity contribution in [2.45, 2.75) is 4.90 Å². The van der Waals surface area contributed by atoms with E-state index in [1.165, 1.54) is 12.1 Å². The Labute approximate surface area is 160 Å². The van der Waals surface area contributed by atoms with Crippen LogP contribution in [0.15, 0.2) is 75.8 Å². The molecule has 0 fully saturated rings. The Morgan fingerprint density at radius 1 is 0.833 bits per heavy atom. The number of azo groups is 1. The van der Waals surface area contributed by atoms with Crippen molar-refractivity contribution in [2.24, 2.45) is 10.2 Å². The molecule has 24 heavy (non-hydrogen) atoms. The Morgan fingerprint density at radius 3 is 2.21 bits per heavy atom. The van der Waals surface area contributed by atoms with Crippen LogP contribution in [-0.4, -0.2) is 18.1 Å². The molecule has 0 saturated heterocycles. The molecule has 0 amide bonds. The van der Waals surface area contributed by atoms with Crippen LogP contribution in [0.25, 0.3) is 10.8 Å². The van der Waals surface area contributed by atoms with Crippen molar-refractivity contribution >= 4 is 32.3 Å². The number of benzene rings is 3. The van der Waals surface area contributed by atoms with Crippen LogP contribution in [0.5, 0.6) is 5.75 Å². The van der Waals surface area contributed by atoms with Crippen molar-refractivity contribution in [3.05, 3.63) is 60.7 Å². The van der Waals surface area contributed by atoms with E-state index >= 15 is 0 Å². The Hall–Kier alpha value is -1.77. The minimum Gasteiger partial charge on any atom is -0.744 e. The van der Waals surface area contributed by atoms with E-state index in [0.717, 1.165) is 11.5 Å². The molecule has 0 unspecified atom stereocenters. The monoisotopic (exact) mass is 350 g/mol. The number of hydrogen-bond acceptors (Lipinski definition) is 6. The number of fused-ring (bicyclic) bond motifs is 1. The molecule has 3 rings (SSSR count). The van der Waals surface area contributed by atoms with Gasteiger partial charge in [-0.15, -0.1) is 10.2 Å². The summed E-state index contributed by atoms with van der Waals surface area (Å²) >= 11 is 0. The van der Waals surface area contributed by atoms with E-state index in [2.05, 4.69) is 10.2 Å². The predicted octanol–water partition coefficient (Wildman–Crippen LogP) is 0.869. The quantitative estimate of drug-likeness (QED) is 0.430. The zero-order valence-corrected chi connectivity index (χ0v) is 15.6. The molecule has 116 valence electrons. The zero-order valence-electron chi connectivity index (χ0n) is 12.7. The van der Waals surface area contributed by atoms with Crippen molar-refractivity contribution in [1.82, 2.24) is 0 Å². The fourth-order valence-electron chi connectivity index (χ4n) is 2.18. The number of hydrogen-bond donors (Lipinski definition) is 1. The predicted molar refractivity (Wildman–Crippen MR) is 84.2 cm³/mol. The number of nitrogens with zero attached hydrogens (tertiary/aromatic N) is 2. The standard InChI is InChI=1S/C16H12N2O4S.Na/c19-16-12-6-2-1-5-11(12)9-10-14(16)18-17-13-7-3-4-8-15(13)23(20,21)22;/h1-10,19H,(H,20,21,22);/q;+1/p-1. The van der Waals surface area contributed by atoms with E-state index in [9.17, 15) is 18.1 Å². The van der Waals surface area contributed by atoms with Crippen LogP contribution in [0.4, 0.5) is 11.4 Å². The zero-order chi connectivity index (χ0) is 16.4. The molecule has 8 heteroatoms. The number of rotatable bonds is 3. The molecule has 0 spiro atoms. The average Bonchev–Trinajstić information content (AvgIpc) is 2.54. The van der Waals surface area contributed by atoms with E-state index in [0.29, 0.717) is 5.39 Å². The van der Waals surface area contributed by atoms with Crippen LogP contribution in [-0.2, 0) is 10.1 Å². The topological polar surface area (TPSA) is 102 Å². The summed E-state index contributed by atoms with van der Waals surface area (Å²) < 4.78 is 33.6. The second-order valence-corrected chi connectivity index (χ2v) is 6.12. The van der Waals surface area contributed by atoms with Gasteiger partial charge in [-0.2, -0.15) is 0 Å². The molecule has 0 aliphatic rings. The van der Waals surface area contributed by atoms with E-state index in [1.54, 1.807) is 30.3 Å². The summed E-state index contributed by atoms with van der Waals surface area (Å²) in [6.07, 6.45) is 0. The minimum absolute atomic E-state index is 0. The van der Waals surface area contributed by atoms with Crippen molar-refractivity contribution in [3.63, 3.8) is 0 Å². The molecular weight excluding hydrogens is 339 g/mol. The summed E-state index contributed by atoms with van der Waals surface area (Å²) in [5, 5.41) is 19.3. The second-order valence-electron chi connectivity index (χ2n) is 4.78. The van der Waals surface area contributed by atoms with E-state index in [-0.39, 0.29) is 46.7 Å². The Bertz CT molecular complexity index is 1020. The van der Waals surface area contributed by atoms with Gasteiger partial charge in [0.25, 0.3) is 0 Å². The van der Waals surface area contributed by atoms with Gasteiger partial charge in [0.05, 0.1) is 4.90 Å². The first kappa shape index (κ1) is 18.6. The van der Waals surface area contributed by atoms with Gasteiger partial charge in [-0.05, 0) is 23.6 Å². The maximum atomic E-state index is 11.2. The third-order valence-corrected chi connectivity index (χ3v) is 4.16. The Kier molecular flexibility index (Phi) is 5.74. The van der Waals surface area contributed by atoms with Gasteiger partial charge in [-0.3, -0.25) is 0 Å². The van der Waals surface area contributed by atoms with Gasteiger partial charge < -0.3 is 9.66 Å². The first-order valence-electron chi connectivity index (χ1n) is 6.64. The second kappa shape index (κ2) is 7.42. The molecule has 1 N–H and O–H groups in total. The Morgan fingerprint density at radius 2 is 1.46 bits per heavy atom. The molecule has 0 radical (unpaired) electrons. The van der Waals surface area contributed by atoms with Crippen molar-refractivity contribution in [1.29, 1.82) is 0 Å². The third kappa shape index (κ3) is 3.82. The Balaban J connectivity index is 0.00000208. The fraction of sp³-hybridized carbons (Fsp3) is 0. The van der Waals surface area contributed by atoms with Gasteiger partial charge in [0.15, 0.2) is 5.75 Å². The first-order valence-corrected chi connectivity index (χ1v) is 8.05. The first-order chi connectivity index (χ1) is 11.0. The summed E-state index contributed by atoms with van der Waals surface area (Å²) in [6.45, 7) is 0. The van der Waals surface area contributed by atoms with Crippen molar-refractivity contribution in [2.75, 3.05) is 0 Å². The van der Waals surface area contributed by atoms with Gasteiger partial charge in [-0.25, -0.2) is 8.42 Å². The van der Waals surface area contributed by atoms with Crippen LogP contribution < -0.4 is 29.6 Å².